The van der Waals surface area contributed by atoms with Gasteiger partial charge in [0.2, 0.25) is 11.8 Å². The number of piperidine rings is 1. The van der Waals surface area contributed by atoms with Crippen LogP contribution in [0.5, 0.6) is 0 Å². The van der Waals surface area contributed by atoms with Crippen LogP contribution in [0.3, 0.4) is 0 Å². The number of carbonyl (C=O) groups excluding carboxylic acids is 3. The summed E-state index contributed by atoms with van der Waals surface area (Å²) in [6.07, 6.45) is 2.36. The Morgan fingerprint density at radius 2 is 1.11 bits per heavy atom. The van der Waals surface area contributed by atoms with Crippen LogP contribution in [0, 0.1) is 50.2 Å². The van der Waals surface area contributed by atoms with E-state index in [9.17, 15) is 28.9 Å². The maximum absolute atomic E-state index is 12.3. The largest absolute Gasteiger partial charge is 0.472 e. The van der Waals surface area contributed by atoms with Crippen LogP contribution in [0.2, 0.25) is 0 Å². The summed E-state index contributed by atoms with van der Waals surface area (Å²) in [6, 6.07) is 0. The van der Waals surface area contributed by atoms with Gasteiger partial charge in [0.1, 0.15) is 5.78 Å². The minimum Gasteiger partial charge on any atom is -0.396 e. The highest BCUT2D eigenvalue weighted by atomic mass is 31.2. The monoisotopic (exact) mass is 827 g/mol. The van der Waals surface area contributed by atoms with Crippen LogP contribution >= 0.6 is 7.82 Å². The summed E-state index contributed by atoms with van der Waals surface area (Å²) >= 11 is 0. The highest BCUT2D eigenvalue weighted by Gasteiger charge is 2.40. The average Bonchev–Trinajstić information content (AvgIpc) is 2.95. The lowest BCUT2D eigenvalue weighted by atomic mass is 9.79. The second kappa shape index (κ2) is 27.4. The number of carbonyl (C=O) groups is 3. The molecular formula is C45H99N2O8P. The van der Waals surface area contributed by atoms with E-state index in [2.05, 4.69) is 60.7 Å². The van der Waals surface area contributed by atoms with Crippen LogP contribution in [0.1, 0.15) is 187 Å². The minimum absolute atomic E-state index is 0. The number of ketones is 1. The summed E-state index contributed by atoms with van der Waals surface area (Å²) in [7, 11) is -4.16. The van der Waals surface area contributed by atoms with Gasteiger partial charge in [-0.15, -0.1) is 0 Å². The number of hydrogen-bond donors (Lipinski definition) is 3. The standard InChI is InChI=1S/C17H34NO6P.C10H21NO.C8H18.C7H14O.3CH4/c1-15(2,3)12-23-25(21,22)24-13-17(11-19)7-9-18(10-8-17)14(20)16(4,5)6;1-9(2,3)7-11-8(12)10(4,5)6;1-7(2)6-8(3,4)5;1-5(2)7(8)6(3)4;;;/h19H,7-13H2,1-6H3,(H,21,22);7H2,1-6H3,(H,11,12);7H,6H2,1-5H3;5-6H,1-4H3;3*1H4. The molecule has 1 aliphatic rings. The normalized spacial score (nSPS) is 15.5. The predicted molar refractivity (Wildman–Crippen MR) is 242 cm³/mol. The van der Waals surface area contributed by atoms with Crippen molar-refractivity contribution in [3.05, 3.63) is 0 Å². The van der Waals surface area contributed by atoms with Crippen molar-refractivity contribution in [1.82, 2.24) is 10.2 Å². The van der Waals surface area contributed by atoms with Gasteiger partial charge in [0, 0.05) is 47.7 Å². The molecule has 342 valence electrons. The fraction of sp³-hybridized carbons (Fsp3) is 0.933. The van der Waals surface area contributed by atoms with Gasteiger partial charge in [-0.25, -0.2) is 4.57 Å². The molecule has 0 aromatic carbocycles. The molecule has 1 saturated heterocycles. The molecule has 0 aromatic heterocycles. The Hall–Kier alpha value is -1.32. The molecule has 0 aliphatic carbocycles. The van der Waals surface area contributed by atoms with Crippen molar-refractivity contribution in [2.24, 2.45) is 50.2 Å². The number of phosphoric ester groups is 1. The molecule has 1 rings (SSSR count). The number of aliphatic hydroxyl groups is 1. The van der Waals surface area contributed by atoms with E-state index in [1.54, 1.807) is 4.90 Å². The van der Waals surface area contributed by atoms with Gasteiger partial charge in [0.15, 0.2) is 0 Å². The number of rotatable bonds is 10. The number of aliphatic hydroxyl groups excluding tert-OH is 1. The Labute approximate surface area is 349 Å². The Bertz CT molecular complexity index is 1100. The van der Waals surface area contributed by atoms with Gasteiger partial charge in [-0.3, -0.25) is 23.4 Å². The topological polar surface area (TPSA) is 142 Å². The first-order chi connectivity index (χ1) is 23.3. The zero-order valence-corrected chi connectivity index (χ0v) is 39.2. The van der Waals surface area contributed by atoms with Gasteiger partial charge >= 0.3 is 7.82 Å². The molecule has 56 heavy (non-hydrogen) atoms. The molecule has 1 fully saturated rings. The van der Waals surface area contributed by atoms with Gasteiger partial charge < -0.3 is 20.2 Å². The first-order valence-corrected chi connectivity index (χ1v) is 21.1. The van der Waals surface area contributed by atoms with Crippen LogP contribution in [-0.4, -0.2) is 72.0 Å². The second-order valence-electron chi connectivity index (χ2n) is 21.6. The van der Waals surface area contributed by atoms with E-state index in [1.807, 2.05) is 90.0 Å². The second-order valence-corrected chi connectivity index (χ2v) is 23.1. The summed E-state index contributed by atoms with van der Waals surface area (Å²) < 4.78 is 22.2. The fourth-order valence-corrected chi connectivity index (χ4v) is 6.10. The Balaban J connectivity index is -0.000000169. The number of phosphoric acid groups is 1. The van der Waals surface area contributed by atoms with Crippen LogP contribution in [0.25, 0.3) is 0 Å². The Morgan fingerprint density at radius 3 is 1.34 bits per heavy atom. The van der Waals surface area contributed by atoms with Crippen molar-refractivity contribution in [2.45, 2.75) is 187 Å². The number of amides is 2. The van der Waals surface area contributed by atoms with E-state index >= 15 is 0 Å². The van der Waals surface area contributed by atoms with Crippen LogP contribution in [-0.2, 0) is 28.0 Å². The molecule has 10 nitrogen and oxygen atoms in total. The van der Waals surface area contributed by atoms with E-state index in [0.29, 0.717) is 37.1 Å². The van der Waals surface area contributed by atoms with Gasteiger partial charge in [-0.05, 0) is 41.4 Å². The van der Waals surface area contributed by atoms with Crippen molar-refractivity contribution in [3.63, 3.8) is 0 Å². The molecule has 2 amide bonds. The molecule has 0 saturated carbocycles. The summed E-state index contributed by atoms with van der Waals surface area (Å²) in [6.45, 7) is 44.1. The molecule has 0 radical (unpaired) electrons. The van der Waals surface area contributed by atoms with Gasteiger partial charge in [-0.2, -0.15) is 0 Å². The minimum atomic E-state index is -4.16. The third kappa shape index (κ3) is 35.8. The fourth-order valence-electron chi connectivity index (χ4n) is 5.04. The quantitative estimate of drug-likeness (QED) is 0.185. The first kappa shape index (κ1) is 66.5. The zero-order valence-electron chi connectivity index (χ0n) is 38.3. The van der Waals surface area contributed by atoms with Gasteiger partial charge in [0.25, 0.3) is 0 Å². The van der Waals surface area contributed by atoms with Gasteiger partial charge in [-0.1, -0.05) is 168 Å². The van der Waals surface area contributed by atoms with Crippen molar-refractivity contribution in [1.29, 1.82) is 0 Å². The summed E-state index contributed by atoms with van der Waals surface area (Å²) in [4.78, 5) is 46.2. The molecule has 1 atom stereocenters. The highest BCUT2D eigenvalue weighted by Crippen LogP contribution is 2.47. The number of hydrogen-bond acceptors (Lipinski definition) is 7. The third-order valence-corrected chi connectivity index (χ3v) is 8.81. The van der Waals surface area contributed by atoms with Crippen LogP contribution in [0.4, 0.5) is 0 Å². The lowest BCUT2D eigenvalue weighted by molar-refractivity contribution is -0.143. The third-order valence-electron chi connectivity index (χ3n) is 7.90. The highest BCUT2D eigenvalue weighted by molar-refractivity contribution is 7.47. The predicted octanol–water partition coefficient (Wildman–Crippen LogP) is 11.9. The molecular weight excluding hydrogens is 727 g/mol. The summed E-state index contributed by atoms with van der Waals surface area (Å²) in [5.41, 5.74) is -0.912. The SMILES string of the molecule is C.C.C.CC(C)(C)CNC(=O)C(C)(C)C.CC(C)(C)COP(=O)(O)OCC1(CO)CCN(C(=O)C(C)(C)C)CC1.CC(C)C(=O)C(C)C.CC(C)CC(C)(C)C. The molecule has 1 heterocycles. The molecule has 1 unspecified atom stereocenters. The van der Waals surface area contributed by atoms with Crippen molar-refractivity contribution in [2.75, 3.05) is 39.5 Å². The maximum Gasteiger partial charge on any atom is 0.472 e. The molecule has 0 spiro atoms. The van der Waals surface area contributed by atoms with Crippen molar-refractivity contribution >= 4 is 25.4 Å². The number of likely N-dealkylation sites (tertiary alicyclic amines) is 1. The maximum atomic E-state index is 12.3. The summed E-state index contributed by atoms with van der Waals surface area (Å²) in [5, 5.41) is 12.7. The van der Waals surface area contributed by atoms with E-state index in [4.69, 9.17) is 9.05 Å². The number of nitrogens with one attached hydrogen (secondary N) is 1. The van der Waals surface area contributed by atoms with Crippen molar-refractivity contribution in [3.8, 4) is 0 Å². The lowest BCUT2D eigenvalue weighted by Crippen LogP contribution is -2.49. The first-order valence-electron chi connectivity index (χ1n) is 19.6. The van der Waals surface area contributed by atoms with Crippen LogP contribution in [0.15, 0.2) is 0 Å². The number of nitrogens with zero attached hydrogens (tertiary/aromatic N) is 1. The van der Waals surface area contributed by atoms with Crippen molar-refractivity contribution < 1.29 is 38.0 Å². The molecule has 0 aromatic rings. The average molecular weight is 827 g/mol. The molecule has 1 aliphatic heterocycles. The van der Waals surface area contributed by atoms with E-state index in [-0.39, 0.29) is 82.0 Å². The van der Waals surface area contributed by atoms with E-state index < -0.39 is 18.7 Å². The van der Waals surface area contributed by atoms with E-state index in [1.165, 1.54) is 6.42 Å². The molecule has 0 bridgehead atoms. The molecule has 3 N–H and O–H groups in total. The number of Topliss-reactive ketones (excluding diaryl/α,β-unsaturated/α-hetero) is 1. The smallest absolute Gasteiger partial charge is 0.396 e. The van der Waals surface area contributed by atoms with Crippen LogP contribution < -0.4 is 5.32 Å². The molecule has 11 heteroatoms. The zero-order chi connectivity index (χ0) is 43.0. The lowest BCUT2D eigenvalue weighted by Gasteiger charge is -2.42. The van der Waals surface area contributed by atoms with Gasteiger partial charge in [0.05, 0.1) is 19.8 Å². The Morgan fingerprint density at radius 1 is 0.696 bits per heavy atom. The van der Waals surface area contributed by atoms with E-state index in [0.717, 1.165) is 12.5 Å². The summed E-state index contributed by atoms with van der Waals surface area (Å²) in [5.74, 6) is 1.80. The Kier molecular flexibility index (Phi) is 32.6.